The summed E-state index contributed by atoms with van der Waals surface area (Å²) < 4.78 is 11.2. The molecule has 276 valence electrons. The van der Waals surface area contributed by atoms with E-state index < -0.39 is 5.24 Å². The van der Waals surface area contributed by atoms with Gasteiger partial charge in [-0.2, -0.15) is 15.0 Å². The van der Waals surface area contributed by atoms with Gasteiger partial charge in [0.2, 0.25) is 17.8 Å². The summed E-state index contributed by atoms with van der Waals surface area (Å²) in [7, 11) is 0. The van der Waals surface area contributed by atoms with E-state index in [1.54, 1.807) is 72.8 Å². The van der Waals surface area contributed by atoms with Crippen LogP contribution in [0.1, 0.15) is 110 Å². The fourth-order valence-corrected chi connectivity index (χ4v) is 5.47. The van der Waals surface area contributed by atoms with Gasteiger partial charge in [-0.25, -0.2) is 9.59 Å². The summed E-state index contributed by atoms with van der Waals surface area (Å²) in [5.74, 6) is 0.640. The zero-order valence-corrected chi connectivity index (χ0v) is 31.2. The Labute approximate surface area is 311 Å². The molecule has 3 N–H and O–H groups in total. The van der Waals surface area contributed by atoms with Gasteiger partial charge >= 0.3 is 11.9 Å². The SMILES string of the molecule is CCCCC(CC)COC(=O)c1ccc(Nc2nc(Nc3ccc(C(=O)Cl)cc3)nc(Nc3ccc(C(=O)OCC(CC)CCCC)cc3)n2)cc1. The van der Waals surface area contributed by atoms with Crippen molar-refractivity contribution in [2.45, 2.75) is 79.1 Å². The Morgan fingerprint density at radius 1 is 0.558 bits per heavy atom. The van der Waals surface area contributed by atoms with Crippen molar-refractivity contribution in [1.82, 2.24) is 15.0 Å². The van der Waals surface area contributed by atoms with Crippen LogP contribution in [0.4, 0.5) is 34.9 Å². The Bertz CT molecular complexity index is 1640. The van der Waals surface area contributed by atoms with Gasteiger partial charge in [-0.05, 0) is 109 Å². The molecule has 0 saturated heterocycles. The molecular weight excluding hydrogens is 680 g/mol. The lowest BCUT2D eigenvalue weighted by molar-refractivity contribution is 0.0419. The minimum absolute atomic E-state index is 0.215. The molecule has 3 aromatic carbocycles. The number of esters is 2. The number of benzene rings is 3. The molecule has 0 fully saturated rings. The molecule has 0 aliphatic rings. The van der Waals surface area contributed by atoms with Gasteiger partial charge in [0.25, 0.3) is 5.24 Å². The van der Waals surface area contributed by atoms with Crippen LogP contribution in [0.25, 0.3) is 0 Å². The van der Waals surface area contributed by atoms with Crippen LogP contribution in [0.3, 0.4) is 0 Å². The summed E-state index contributed by atoms with van der Waals surface area (Å²) in [5, 5.41) is 8.93. The third-order valence-electron chi connectivity index (χ3n) is 8.74. The average molecular weight is 729 g/mol. The van der Waals surface area contributed by atoms with Crippen LogP contribution in [0.2, 0.25) is 0 Å². The number of ether oxygens (including phenoxy) is 2. The van der Waals surface area contributed by atoms with Crippen LogP contribution in [0, 0.1) is 11.8 Å². The van der Waals surface area contributed by atoms with Crippen molar-refractivity contribution in [2.75, 3.05) is 29.2 Å². The molecule has 1 aromatic heterocycles. The van der Waals surface area contributed by atoms with Crippen molar-refractivity contribution < 1.29 is 23.9 Å². The predicted octanol–water partition coefficient (Wildman–Crippen LogP) is 10.2. The first-order valence-electron chi connectivity index (χ1n) is 18.1. The predicted molar refractivity (Wildman–Crippen MR) is 206 cm³/mol. The highest BCUT2D eigenvalue weighted by Crippen LogP contribution is 2.23. The van der Waals surface area contributed by atoms with Crippen LogP contribution in [0.5, 0.6) is 0 Å². The van der Waals surface area contributed by atoms with Gasteiger partial charge in [0.1, 0.15) is 0 Å². The van der Waals surface area contributed by atoms with Crippen LogP contribution in [0.15, 0.2) is 72.8 Å². The van der Waals surface area contributed by atoms with Crippen LogP contribution in [-0.4, -0.2) is 45.3 Å². The van der Waals surface area contributed by atoms with E-state index >= 15 is 0 Å². The van der Waals surface area contributed by atoms with E-state index in [4.69, 9.17) is 21.1 Å². The van der Waals surface area contributed by atoms with E-state index in [9.17, 15) is 14.4 Å². The number of carbonyl (C=O) groups excluding carboxylic acids is 3. The number of anilines is 6. The van der Waals surface area contributed by atoms with Gasteiger partial charge in [0.05, 0.1) is 24.3 Å². The summed E-state index contributed by atoms with van der Waals surface area (Å²) in [5.41, 5.74) is 3.16. The summed E-state index contributed by atoms with van der Waals surface area (Å²) >= 11 is 5.61. The molecule has 0 amide bonds. The van der Waals surface area contributed by atoms with Crippen molar-refractivity contribution in [3.63, 3.8) is 0 Å². The van der Waals surface area contributed by atoms with Gasteiger partial charge < -0.3 is 25.4 Å². The molecule has 2 unspecified atom stereocenters. The molecule has 0 aliphatic carbocycles. The number of rotatable bonds is 21. The second kappa shape index (κ2) is 20.7. The normalized spacial score (nSPS) is 12.0. The molecule has 0 radical (unpaired) electrons. The van der Waals surface area contributed by atoms with Crippen LogP contribution in [-0.2, 0) is 9.47 Å². The lowest BCUT2D eigenvalue weighted by Gasteiger charge is -2.15. The fraction of sp³-hybridized carbons (Fsp3) is 0.400. The summed E-state index contributed by atoms with van der Waals surface area (Å²) in [6, 6.07) is 20.3. The maximum atomic E-state index is 12.7. The fourth-order valence-electron chi connectivity index (χ4n) is 5.34. The van der Waals surface area contributed by atoms with Gasteiger partial charge in [-0.3, -0.25) is 4.79 Å². The number of hydrogen-bond acceptors (Lipinski definition) is 11. The molecule has 52 heavy (non-hydrogen) atoms. The maximum Gasteiger partial charge on any atom is 0.338 e. The highest BCUT2D eigenvalue weighted by Gasteiger charge is 2.15. The second-order valence-electron chi connectivity index (χ2n) is 12.7. The first-order valence-corrected chi connectivity index (χ1v) is 18.5. The molecule has 2 atom stereocenters. The molecule has 0 spiro atoms. The highest BCUT2D eigenvalue weighted by atomic mass is 35.5. The molecule has 0 saturated carbocycles. The summed E-state index contributed by atoms with van der Waals surface area (Å²) in [4.78, 5) is 50.6. The molecule has 4 rings (SSSR count). The first kappa shape index (κ1) is 39.8. The molecule has 4 aromatic rings. The standard InChI is InChI=1S/C40H49ClN6O5/c1-5-9-11-27(7-3)25-51-36(49)30-15-21-33(22-16-30)43-39-45-38(42-32-19-13-29(14-20-32)35(41)48)46-40(47-39)44-34-23-17-31(18-24-34)37(50)52-26-28(8-4)12-10-6-2/h13-24,27-28H,5-12,25-26H2,1-4H3,(H3,42,43,44,45,46,47). The van der Waals surface area contributed by atoms with Crippen molar-refractivity contribution in [3.8, 4) is 0 Å². The summed E-state index contributed by atoms with van der Waals surface area (Å²) in [6.45, 7) is 9.35. The number of aromatic nitrogens is 3. The Kier molecular flexibility index (Phi) is 15.8. The van der Waals surface area contributed by atoms with Crippen LogP contribution < -0.4 is 16.0 Å². The number of nitrogens with one attached hydrogen (secondary N) is 3. The first-order chi connectivity index (χ1) is 25.2. The number of halogens is 1. The van der Waals surface area contributed by atoms with Crippen LogP contribution >= 0.6 is 11.6 Å². The van der Waals surface area contributed by atoms with E-state index in [-0.39, 0.29) is 29.8 Å². The molecule has 12 heteroatoms. The topological polar surface area (TPSA) is 144 Å². The van der Waals surface area contributed by atoms with Gasteiger partial charge in [0.15, 0.2) is 0 Å². The van der Waals surface area contributed by atoms with E-state index in [0.717, 1.165) is 51.4 Å². The lowest BCUT2D eigenvalue weighted by atomic mass is 10.0. The summed E-state index contributed by atoms with van der Waals surface area (Å²) in [6.07, 6.45) is 8.47. The zero-order chi connectivity index (χ0) is 37.3. The second-order valence-corrected chi connectivity index (χ2v) is 13.1. The van der Waals surface area contributed by atoms with Gasteiger partial charge in [0, 0.05) is 22.6 Å². The Morgan fingerprint density at radius 2 is 0.885 bits per heavy atom. The van der Waals surface area contributed by atoms with Gasteiger partial charge in [-0.1, -0.05) is 66.2 Å². The van der Waals surface area contributed by atoms with Crippen molar-refractivity contribution in [2.24, 2.45) is 11.8 Å². The molecule has 1 heterocycles. The zero-order valence-electron chi connectivity index (χ0n) is 30.4. The van der Waals surface area contributed by atoms with Crippen molar-refractivity contribution >= 4 is 63.7 Å². The maximum absolute atomic E-state index is 12.7. The number of carbonyl (C=O) groups is 3. The minimum Gasteiger partial charge on any atom is -0.462 e. The largest absolute Gasteiger partial charge is 0.462 e. The lowest BCUT2D eigenvalue weighted by Crippen LogP contribution is -2.14. The number of nitrogens with zero attached hydrogens (tertiary/aromatic N) is 3. The number of unbranched alkanes of at least 4 members (excludes halogenated alkanes) is 2. The molecule has 0 aliphatic heterocycles. The van der Waals surface area contributed by atoms with E-state index in [1.165, 1.54) is 0 Å². The third kappa shape index (κ3) is 12.6. The van der Waals surface area contributed by atoms with E-state index in [0.29, 0.717) is 58.8 Å². The Morgan fingerprint density at radius 3 is 1.17 bits per heavy atom. The average Bonchev–Trinajstić information content (AvgIpc) is 3.15. The van der Waals surface area contributed by atoms with Crippen molar-refractivity contribution in [1.29, 1.82) is 0 Å². The minimum atomic E-state index is -0.558. The smallest absolute Gasteiger partial charge is 0.338 e. The van der Waals surface area contributed by atoms with E-state index in [1.807, 2.05) is 0 Å². The van der Waals surface area contributed by atoms with E-state index in [2.05, 4.69) is 58.6 Å². The molecule has 11 nitrogen and oxygen atoms in total. The highest BCUT2D eigenvalue weighted by molar-refractivity contribution is 6.67. The Hall–Kier alpha value is -5.03. The van der Waals surface area contributed by atoms with Gasteiger partial charge in [-0.15, -0.1) is 0 Å². The van der Waals surface area contributed by atoms with Crippen molar-refractivity contribution in [3.05, 3.63) is 89.5 Å². The quantitative estimate of drug-likeness (QED) is 0.0557. The monoisotopic (exact) mass is 728 g/mol. The Balaban J connectivity index is 1.48. The third-order valence-corrected chi connectivity index (χ3v) is 8.96. The molecular formula is C40H49ClN6O5. The number of hydrogen-bond donors (Lipinski definition) is 3. The molecule has 0 bridgehead atoms.